The average Bonchev–Trinajstić information content (AvgIpc) is 3.48. The van der Waals surface area contributed by atoms with Gasteiger partial charge < -0.3 is 14.3 Å². The maximum atomic E-state index is 15.4. The number of nitrogens with one attached hydrogen (secondary N) is 1. The number of nitrogens with zero attached hydrogens (tertiary/aromatic N) is 4. The molecule has 5 heterocycles. The van der Waals surface area contributed by atoms with Gasteiger partial charge in [0, 0.05) is 67.7 Å². The Morgan fingerprint density at radius 1 is 1.08 bits per heavy atom. The number of benzene rings is 1. The Kier molecular flexibility index (Phi) is 6.05. The number of imidazole rings is 1. The standard InChI is InChI=1S/C26H30FN5O3S/c1-36(33,34)32-8-3-18(4-9-32)23-12-21-19(2-7-28-26(21)30-23)20-13-25-24(14-22(20)27)29-16-31(25)15-17-5-10-35-11-6-17/h2,7,12-14,16-18H,3-6,8-11,15H2,1H3,(H,28,30). The Balaban J connectivity index is 1.33. The van der Waals surface area contributed by atoms with Crippen LogP contribution >= 0.6 is 0 Å². The smallest absolute Gasteiger partial charge is 0.211 e. The Morgan fingerprint density at radius 3 is 2.61 bits per heavy atom. The minimum Gasteiger partial charge on any atom is -0.381 e. The van der Waals surface area contributed by atoms with Crippen LogP contribution in [0.4, 0.5) is 4.39 Å². The highest BCUT2D eigenvalue weighted by molar-refractivity contribution is 7.88. The highest BCUT2D eigenvalue weighted by Crippen LogP contribution is 2.36. The van der Waals surface area contributed by atoms with E-state index in [1.165, 1.54) is 16.6 Å². The molecule has 4 aromatic rings. The lowest BCUT2D eigenvalue weighted by Crippen LogP contribution is -2.37. The molecule has 0 spiro atoms. The number of rotatable bonds is 5. The summed E-state index contributed by atoms with van der Waals surface area (Å²) in [5, 5.41) is 0.867. The number of hydrogen-bond acceptors (Lipinski definition) is 5. The van der Waals surface area contributed by atoms with E-state index in [1.807, 2.05) is 18.5 Å². The van der Waals surface area contributed by atoms with Crippen molar-refractivity contribution in [1.82, 2.24) is 23.8 Å². The summed E-state index contributed by atoms with van der Waals surface area (Å²) in [5.41, 5.74) is 4.62. The van der Waals surface area contributed by atoms with Crippen LogP contribution in [0.5, 0.6) is 0 Å². The molecule has 2 aliphatic rings. The fraction of sp³-hybridized carbons (Fsp3) is 0.462. The Labute approximate surface area is 209 Å². The van der Waals surface area contributed by atoms with Gasteiger partial charge in [-0.2, -0.15) is 0 Å². The van der Waals surface area contributed by atoms with Crippen molar-refractivity contribution in [3.05, 3.63) is 48.3 Å². The van der Waals surface area contributed by atoms with Crippen LogP contribution in [0.25, 0.3) is 33.2 Å². The van der Waals surface area contributed by atoms with E-state index in [1.54, 1.807) is 6.20 Å². The third kappa shape index (κ3) is 4.42. The maximum Gasteiger partial charge on any atom is 0.211 e. The van der Waals surface area contributed by atoms with E-state index in [0.717, 1.165) is 67.6 Å². The van der Waals surface area contributed by atoms with Crippen molar-refractivity contribution in [3.8, 4) is 11.1 Å². The number of pyridine rings is 1. The molecule has 0 amide bonds. The molecule has 1 aromatic carbocycles. The van der Waals surface area contributed by atoms with E-state index in [4.69, 9.17) is 4.74 Å². The zero-order valence-corrected chi connectivity index (χ0v) is 21.1. The molecule has 0 radical (unpaired) electrons. The molecule has 0 bridgehead atoms. The number of halogens is 1. The number of hydrogen-bond donors (Lipinski definition) is 1. The Morgan fingerprint density at radius 2 is 1.86 bits per heavy atom. The fourth-order valence-electron chi connectivity index (χ4n) is 5.64. The quantitative estimate of drug-likeness (QED) is 0.432. The SMILES string of the molecule is CS(=O)(=O)N1CCC(c2cc3c(-c4cc5c(cc4F)ncn5CC4CCOCC4)ccnc3[nH]2)CC1. The van der Waals surface area contributed by atoms with Crippen molar-refractivity contribution in [2.75, 3.05) is 32.6 Å². The van der Waals surface area contributed by atoms with Crippen LogP contribution in [0, 0.1) is 11.7 Å². The van der Waals surface area contributed by atoms with E-state index in [-0.39, 0.29) is 11.7 Å². The molecular formula is C26H30FN5O3S. The van der Waals surface area contributed by atoms with Crippen molar-refractivity contribution >= 4 is 32.1 Å². The fourth-order valence-corrected chi connectivity index (χ4v) is 6.51. The van der Waals surface area contributed by atoms with Gasteiger partial charge in [0.25, 0.3) is 0 Å². The number of ether oxygens (including phenoxy) is 1. The minimum atomic E-state index is -3.17. The molecule has 2 aliphatic heterocycles. The van der Waals surface area contributed by atoms with Crippen LogP contribution in [0.3, 0.4) is 0 Å². The molecule has 6 rings (SSSR count). The third-order valence-corrected chi connectivity index (χ3v) is 9.01. The molecule has 1 N–H and O–H groups in total. The maximum absolute atomic E-state index is 15.4. The number of aromatic amines is 1. The van der Waals surface area contributed by atoms with Crippen molar-refractivity contribution in [3.63, 3.8) is 0 Å². The summed E-state index contributed by atoms with van der Waals surface area (Å²) in [6.45, 7) is 3.42. The summed E-state index contributed by atoms with van der Waals surface area (Å²) in [5.74, 6) is 0.424. The lowest BCUT2D eigenvalue weighted by molar-refractivity contribution is 0.0616. The van der Waals surface area contributed by atoms with Crippen molar-refractivity contribution in [1.29, 1.82) is 0 Å². The molecule has 10 heteroatoms. The van der Waals surface area contributed by atoms with E-state index in [0.29, 0.717) is 35.7 Å². The van der Waals surface area contributed by atoms with Gasteiger partial charge in [0.2, 0.25) is 10.0 Å². The number of aromatic nitrogens is 4. The van der Waals surface area contributed by atoms with Gasteiger partial charge in [0.05, 0.1) is 23.6 Å². The second-order valence-electron chi connectivity index (χ2n) is 10.1. The summed E-state index contributed by atoms with van der Waals surface area (Å²) >= 11 is 0. The summed E-state index contributed by atoms with van der Waals surface area (Å²) in [4.78, 5) is 12.4. The largest absolute Gasteiger partial charge is 0.381 e. The van der Waals surface area contributed by atoms with E-state index < -0.39 is 10.0 Å². The summed E-state index contributed by atoms with van der Waals surface area (Å²) in [6, 6.07) is 7.34. The van der Waals surface area contributed by atoms with Gasteiger partial charge in [-0.25, -0.2) is 27.1 Å². The molecular weight excluding hydrogens is 481 g/mol. The second kappa shape index (κ2) is 9.24. The molecule has 3 aromatic heterocycles. The van der Waals surface area contributed by atoms with E-state index >= 15 is 4.39 Å². The van der Waals surface area contributed by atoms with Crippen LogP contribution in [0.1, 0.15) is 37.3 Å². The first-order valence-corrected chi connectivity index (χ1v) is 14.4. The summed E-state index contributed by atoms with van der Waals surface area (Å²) in [7, 11) is -3.17. The molecule has 190 valence electrons. The van der Waals surface area contributed by atoms with Crippen molar-refractivity contribution in [2.45, 2.75) is 38.1 Å². The highest BCUT2D eigenvalue weighted by Gasteiger charge is 2.27. The predicted octanol–water partition coefficient (Wildman–Crippen LogP) is 4.28. The van der Waals surface area contributed by atoms with Crippen LogP contribution in [0.2, 0.25) is 0 Å². The monoisotopic (exact) mass is 511 g/mol. The van der Waals surface area contributed by atoms with Gasteiger partial charge in [-0.3, -0.25) is 0 Å². The van der Waals surface area contributed by atoms with Crippen LogP contribution in [-0.2, 0) is 21.3 Å². The summed E-state index contributed by atoms with van der Waals surface area (Å²) in [6.07, 6.45) is 8.28. The number of H-pyrrole nitrogens is 1. The zero-order valence-electron chi connectivity index (χ0n) is 20.3. The van der Waals surface area contributed by atoms with Crippen molar-refractivity contribution < 1.29 is 17.5 Å². The van der Waals surface area contributed by atoms with Gasteiger partial charge in [0.1, 0.15) is 11.5 Å². The van der Waals surface area contributed by atoms with Crippen LogP contribution in [0.15, 0.2) is 36.8 Å². The molecule has 0 unspecified atom stereocenters. The zero-order chi connectivity index (χ0) is 24.9. The average molecular weight is 512 g/mol. The lowest BCUT2D eigenvalue weighted by atomic mass is 9.94. The predicted molar refractivity (Wildman–Crippen MR) is 137 cm³/mol. The molecule has 2 fully saturated rings. The molecule has 36 heavy (non-hydrogen) atoms. The number of piperidine rings is 1. The first kappa shape index (κ1) is 23.6. The Hall–Kier alpha value is -2.82. The first-order chi connectivity index (χ1) is 17.4. The van der Waals surface area contributed by atoms with Crippen LogP contribution < -0.4 is 0 Å². The minimum absolute atomic E-state index is 0.207. The topological polar surface area (TPSA) is 93.1 Å². The van der Waals surface area contributed by atoms with Gasteiger partial charge in [0.15, 0.2) is 0 Å². The first-order valence-electron chi connectivity index (χ1n) is 12.5. The van der Waals surface area contributed by atoms with Crippen molar-refractivity contribution in [2.24, 2.45) is 5.92 Å². The van der Waals surface area contributed by atoms with E-state index in [2.05, 4.69) is 25.6 Å². The highest BCUT2D eigenvalue weighted by atomic mass is 32.2. The third-order valence-electron chi connectivity index (χ3n) is 7.71. The van der Waals surface area contributed by atoms with Gasteiger partial charge in [-0.15, -0.1) is 0 Å². The van der Waals surface area contributed by atoms with Gasteiger partial charge in [-0.1, -0.05) is 0 Å². The number of fused-ring (bicyclic) bond motifs is 2. The second-order valence-corrected chi connectivity index (χ2v) is 12.0. The molecule has 0 aliphatic carbocycles. The van der Waals surface area contributed by atoms with Crippen LogP contribution in [-0.4, -0.2) is 64.8 Å². The summed E-state index contributed by atoms with van der Waals surface area (Å²) < 4.78 is 48.3. The Bertz CT molecular complexity index is 1520. The molecule has 0 saturated carbocycles. The normalized spacial score (nSPS) is 18.9. The van der Waals surface area contributed by atoms with Gasteiger partial charge in [-0.05, 0) is 55.4 Å². The van der Waals surface area contributed by atoms with E-state index in [9.17, 15) is 8.42 Å². The molecule has 2 saturated heterocycles. The number of sulfonamides is 1. The van der Waals surface area contributed by atoms with Gasteiger partial charge >= 0.3 is 0 Å². The molecule has 8 nitrogen and oxygen atoms in total. The lowest BCUT2D eigenvalue weighted by Gasteiger charge is -2.29. The molecule has 0 atom stereocenters.